The summed E-state index contributed by atoms with van der Waals surface area (Å²) in [6, 6.07) is 3.95. The van der Waals surface area contributed by atoms with E-state index >= 15 is 0 Å². The smallest absolute Gasteiger partial charge is 0.304 e. The van der Waals surface area contributed by atoms with E-state index in [1.54, 1.807) is 6.20 Å². The van der Waals surface area contributed by atoms with Gasteiger partial charge >= 0.3 is 5.97 Å². The first-order chi connectivity index (χ1) is 9.22. The predicted molar refractivity (Wildman–Crippen MR) is 75.9 cm³/mol. The van der Waals surface area contributed by atoms with Crippen LogP contribution in [-0.4, -0.2) is 34.0 Å². The van der Waals surface area contributed by atoms with Crippen LogP contribution < -0.4 is 0 Å². The van der Waals surface area contributed by atoms with Gasteiger partial charge in [0.15, 0.2) is 0 Å². The fourth-order valence-corrected chi connectivity index (χ4v) is 2.04. The number of hydrogen-bond donors (Lipinski definition) is 1. The number of carboxylic acid groups (broad SMARTS) is 1. The molecule has 0 saturated carbocycles. The van der Waals surface area contributed by atoms with E-state index in [1.165, 1.54) is 19.3 Å². The topological polar surface area (TPSA) is 53.4 Å². The fraction of sp³-hybridized carbons (Fsp3) is 0.600. The molecule has 4 nitrogen and oxygen atoms in total. The molecule has 0 spiro atoms. The molecule has 0 aliphatic rings. The highest BCUT2D eigenvalue weighted by Gasteiger charge is 2.08. The van der Waals surface area contributed by atoms with Crippen LogP contribution in [0.3, 0.4) is 0 Å². The van der Waals surface area contributed by atoms with Gasteiger partial charge < -0.3 is 5.11 Å². The highest BCUT2D eigenvalue weighted by Crippen LogP contribution is 2.07. The van der Waals surface area contributed by atoms with Gasteiger partial charge in [0.1, 0.15) is 0 Å². The van der Waals surface area contributed by atoms with Crippen LogP contribution in [0.25, 0.3) is 0 Å². The van der Waals surface area contributed by atoms with E-state index in [0.717, 1.165) is 25.1 Å². The summed E-state index contributed by atoms with van der Waals surface area (Å²) >= 11 is 0. The van der Waals surface area contributed by atoms with Gasteiger partial charge in [-0.2, -0.15) is 0 Å². The van der Waals surface area contributed by atoms with Crippen LogP contribution in [0.1, 0.15) is 44.6 Å². The second kappa shape index (κ2) is 9.50. The molecule has 1 N–H and O–H groups in total. The number of unbranched alkanes of at least 4 members (excludes halogenated alkanes) is 3. The molecule has 106 valence electrons. The fourth-order valence-electron chi connectivity index (χ4n) is 2.04. The normalized spacial score (nSPS) is 10.8. The van der Waals surface area contributed by atoms with Crippen molar-refractivity contribution in [3.8, 4) is 0 Å². The predicted octanol–water partition coefficient (Wildman–Crippen LogP) is 2.94. The number of aromatic nitrogens is 1. The molecule has 0 aromatic carbocycles. The SMILES string of the molecule is CCCCCCN(CCC(=O)O)Cc1cccnc1. The van der Waals surface area contributed by atoms with Crippen molar-refractivity contribution in [3.63, 3.8) is 0 Å². The standard InChI is InChI=1S/C15H24N2O2/c1-2-3-4-5-10-17(11-8-15(18)19)13-14-7-6-9-16-12-14/h6-7,9,12H,2-5,8,10-11,13H2,1H3,(H,18,19). The van der Waals surface area contributed by atoms with E-state index < -0.39 is 5.97 Å². The summed E-state index contributed by atoms with van der Waals surface area (Å²) in [5.74, 6) is -0.732. The summed E-state index contributed by atoms with van der Waals surface area (Å²) in [6.07, 6.45) is 8.62. The minimum absolute atomic E-state index is 0.202. The van der Waals surface area contributed by atoms with Crippen LogP contribution in [0.4, 0.5) is 0 Å². The summed E-state index contributed by atoms with van der Waals surface area (Å²) in [5.41, 5.74) is 1.14. The van der Waals surface area contributed by atoms with Crippen LogP contribution in [0.5, 0.6) is 0 Å². The van der Waals surface area contributed by atoms with E-state index in [-0.39, 0.29) is 6.42 Å². The Balaban J connectivity index is 2.41. The molecule has 0 bridgehead atoms. The molecule has 0 radical (unpaired) electrons. The van der Waals surface area contributed by atoms with Crippen LogP contribution in [0.15, 0.2) is 24.5 Å². The van der Waals surface area contributed by atoms with Crippen molar-refractivity contribution < 1.29 is 9.90 Å². The van der Waals surface area contributed by atoms with Gasteiger partial charge in [-0.1, -0.05) is 32.3 Å². The Morgan fingerprint density at radius 2 is 2.16 bits per heavy atom. The number of rotatable bonds is 10. The zero-order valence-corrected chi connectivity index (χ0v) is 11.7. The summed E-state index contributed by atoms with van der Waals surface area (Å²) in [6.45, 7) is 4.55. The Hall–Kier alpha value is -1.42. The molecule has 0 fully saturated rings. The van der Waals surface area contributed by atoms with Crippen molar-refractivity contribution >= 4 is 5.97 Å². The van der Waals surface area contributed by atoms with Gasteiger partial charge in [-0.25, -0.2) is 0 Å². The van der Waals surface area contributed by atoms with Gasteiger partial charge in [-0.3, -0.25) is 14.7 Å². The highest BCUT2D eigenvalue weighted by atomic mass is 16.4. The zero-order chi connectivity index (χ0) is 13.9. The molecule has 4 heteroatoms. The highest BCUT2D eigenvalue weighted by molar-refractivity contribution is 5.66. The van der Waals surface area contributed by atoms with Crippen LogP contribution >= 0.6 is 0 Å². The van der Waals surface area contributed by atoms with E-state index in [1.807, 2.05) is 18.3 Å². The van der Waals surface area contributed by atoms with Crippen molar-refractivity contribution in [1.29, 1.82) is 0 Å². The van der Waals surface area contributed by atoms with Crippen molar-refractivity contribution in [2.75, 3.05) is 13.1 Å². The van der Waals surface area contributed by atoms with E-state index in [2.05, 4.69) is 16.8 Å². The van der Waals surface area contributed by atoms with Crippen LogP contribution in [0, 0.1) is 0 Å². The lowest BCUT2D eigenvalue weighted by atomic mass is 10.2. The van der Waals surface area contributed by atoms with Crippen molar-refractivity contribution in [3.05, 3.63) is 30.1 Å². The number of carboxylic acids is 1. The Labute approximate surface area is 115 Å². The van der Waals surface area contributed by atoms with E-state index in [9.17, 15) is 4.79 Å². The maximum absolute atomic E-state index is 10.7. The summed E-state index contributed by atoms with van der Waals surface area (Å²) in [5, 5.41) is 8.80. The number of nitrogens with zero attached hydrogens (tertiary/aromatic N) is 2. The molecular weight excluding hydrogens is 240 g/mol. The molecule has 19 heavy (non-hydrogen) atoms. The van der Waals surface area contributed by atoms with Gasteiger partial charge in [0.2, 0.25) is 0 Å². The van der Waals surface area contributed by atoms with Crippen molar-refractivity contribution in [2.24, 2.45) is 0 Å². The molecule has 0 atom stereocenters. The molecule has 0 aliphatic heterocycles. The third-order valence-electron chi connectivity index (χ3n) is 3.10. The molecule has 0 amide bonds. The van der Waals surface area contributed by atoms with Crippen molar-refractivity contribution in [2.45, 2.75) is 45.6 Å². The number of carbonyl (C=O) groups is 1. The third kappa shape index (κ3) is 7.57. The largest absolute Gasteiger partial charge is 0.481 e. The van der Waals surface area contributed by atoms with Gasteiger partial charge in [0, 0.05) is 25.5 Å². The summed E-state index contributed by atoms with van der Waals surface area (Å²) in [4.78, 5) is 17.0. The van der Waals surface area contributed by atoms with E-state index in [0.29, 0.717) is 6.54 Å². The number of pyridine rings is 1. The van der Waals surface area contributed by atoms with Gasteiger partial charge in [-0.15, -0.1) is 0 Å². The van der Waals surface area contributed by atoms with Crippen molar-refractivity contribution in [1.82, 2.24) is 9.88 Å². The zero-order valence-electron chi connectivity index (χ0n) is 11.7. The Bertz CT molecular complexity index is 354. The van der Waals surface area contributed by atoms with E-state index in [4.69, 9.17) is 5.11 Å². The maximum atomic E-state index is 10.7. The summed E-state index contributed by atoms with van der Waals surface area (Å²) in [7, 11) is 0. The average molecular weight is 264 g/mol. The third-order valence-corrected chi connectivity index (χ3v) is 3.10. The lowest BCUT2D eigenvalue weighted by Gasteiger charge is -2.21. The molecule has 0 aliphatic carbocycles. The lowest BCUT2D eigenvalue weighted by molar-refractivity contribution is -0.137. The molecule has 1 aromatic heterocycles. The number of hydrogen-bond acceptors (Lipinski definition) is 3. The van der Waals surface area contributed by atoms with Crippen LogP contribution in [-0.2, 0) is 11.3 Å². The number of aliphatic carboxylic acids is 1. The molecule has 1 rings (SSSR count). The van der Waals surface area contributed by atoms with Gasteiger partial charge in [-0.05, 0) is 24.6 Å². The molecule has 1 heterocycles. The first-order valence-corrected chi connectivity index (χ1v) is 7.05. The summed E-state index contributed by atoms with van der Waals surface area (Å²) < 4.78 is 0. The van der Waals surface area contributed by atoms with Crippen LogP contribution in [0.2, 0.25) is 0 Å². The molecule has 0 saturated heterocycles. The quantitative estimate of drug-likeness (QED) is 0.660. The first kappa shape index (κ1) is 15.6. The average Bonchev–Trinajstić information content (AvgIpc) is 2.41. The minimum Gasteiger partial charge on any atom is -0.481 e. The van der Waals surface area contributed by atoms with Gasteiger partial charge in [0.25, 0.3) is 0 Å². The molecular formula is C15H24N2O2. The monoisotopic (exact) mass is 264 g/mol. The van der Waals surface area contributed by atoms with Gasteiger partial charge in [0.05, 0.1) is 6.42 Å². The Morgan fingerprint density at radius 1 is 1.32 bits per heavy atom. The second-order valence-electron chi connectivity index (χ2n) is 4.84. The minimum atomic E-state index is -0.732. The second-order valence-corrected chi connectivity index (χ2v) is 4.84. The first-order valence-electron chi connectivity index (χ1n) is 7.05. The Morgan fingerprint density at radius 3 is 2.79 bits per heavy atom. The lowest BCUT2D eigenvalue weighted by Crippen LogP contribution is -2.27. The Kier molecular flexibility index (Phi) is 7.82. The molecule has 1 aromatic rings. The molecule has 0 unspecified atom stereocenters. The maximum Gasteiger partial charge on any atom is 0.304 e.